The largest absolute Gasteiger partial charge is 0.444 e. The Morgan fingerprint density at radius 2 is 1.78 bits per heavy atom. The zero-order chi connectivity index (χ0) is 19.3. The lowest BCUT2D eigenvalue weighted by Gasteiger charge is -2.12. The zero-order valence-corrected chi connectivity index (χ0v) is 15.9. The normalized spacial score (nSPS) is 19.6. The molecule has 3 rings (SSSR count). The number of rotatable bonds is 6. The fourth-order valence-electron chi connectivity index (χ4n) is 3.29. The second-order valence-corrected chi connectivity index (χ2v) is 8.34. The fourth-order valence-corrected chi connectivity index (χ4v) is 3.96. The first kappa shape index (κ1) is 19.4. The predicted molar refractivity (Wildman–Crippen MR) is 103 cm³/mol. The van der Waals surface area contributed by atoms with E-state index in [1.165, 1.54) is 0 Å². The van der Waals surface area contributed by atoms with Crippen molar-refractivity contribution in [2.45, 2.75) is 37.9 Å². The molecule has 2 aromatic carbocycles. The molecule has 2 aromatic rings. The number of anilines is 1. The van der Waals surface area contributed by atoms with E-state index >= 15 is 0 Å². The number of carbonyl (C=O) groups excluding carboxylic acids is 1. The van der Waals surface area contributed by atoms with E-state index < -0.39 is 16.2 Å². The molecule has 1 aliphatic carbocycles. The Balaban J connectivity index is 1.49. The molecule has 1 fully saturated rings. The van der Waals surface area contributed by atoms with Crippen LogP contribution in [0.5, 0.6) is 0 Å². The van der Waals surface area contributed by atoms with Crippen molar-refractivity contribution in [3.05, 3.63) is 65.7 Å². The van der Waals surface area contributed by atoms with Crippen molar-refractivity contribution in [2.75, 3.05) is 11.6 Å². The topological polar surface area (TPSA) is 81.7 Å². The quantitative estimate of drug-likeness (QED) is 0.754. The summed E-state index contributed by atoms with van der Waals surface area (Å²) in [4.78, 5) is 11.9. The van der Waals surface area contributed by atoms with E-state index in [0.717, 1.165) is 30.2 Å². The van der Waals surface area contributed by atoms with Crippen molar-refractivity contribution in [1.82, 2.24) is 0 Å². The minimum Gasteiger partial charge on any atom is -0.444 e. The molecule has 1 amide bonds. The van der Waals surface area contributed by atoms with Crippen LogP contribution in [0, 0.1) is 0 Å². The molecule has 0 aliphatic heterocycles. The van der Waals surface area contributed by atoms with Gasteiger partial charge >= 0.3 is 6.09 Å². The van der Waals surface area contributed by atoms with Gasteiger partial charge in [-0.25, -0.2) is 4.79 Å². The summed E-state index contributed by atoms with van der Waals surface area (Å²) in [6.07, 6.45) is 2.61. The third-order valence-corrected chi connectivity index (χ3v) is 5.16. The molecule has 1 unspecified atom stereocenters. The van der Waals surface area contributed by atoms with E-state index in [-0.39, 0.29) is 18.6 Å². The molecule has 1 aliphatic rings. The van der Waals surface area contributed by atoms with Crippen molar-refractivity contribution >= 4 is 21.9 Å². The van der Waals surface area contributed by atoms with Gasteiger partial charge in [0.25, 0.3) is 10.1 Å². The summed E-state index contributed by atoms with van der Waals surface area (Å²) in [5.74, 6) is 0.260. The molecule has 0 spiro atoms. The van der Waals surface area contributed by atoms with Crippen molar-refractivity contribution in [3.8, 4) is 0 Å². The highest BCUT2D eigenvalue weighted by atomic mass is 32.2. The molecule has 0 saturated heterocycles. The van der Waals surface area contributed by atoms with Gasteiger partial charge in [0.05, 0.1) is 12.4 Å². The third-order valence-electron chi connectivity index (χ3n) is 4.54. The van der Waals surface area contributed by atoms with Gasteiger partial charge in [-0.15, -0.1) is 0 Å². The Hall–Kier alpha value is -2.38. The molecular weight excluding hydrogens is 366 g/mol. The molecule has 0 bridgehead atoms. The van der Waals surface area contributed by atoms with E-state index in [1.807, 2.05) is 54.6 Å². The van der Waals surface area contributed by atoms with Crippen LogP contribution in [0.15, 0.2) is 54.6 Å². The van der Waals surface area contributed by atoms with Gasteiger partial charge in [0.2, 0.25) is 0 Å². The van der Waals surface area contributed by atoms with Crippen molar-refractivity contribution in [3.63, 3.8) is 0 Å². The molecule has 1 saturated carbocycles. The first-order valence-electron chi connectivity index (χ1n) is 8.85. The van der Waals surface area contributed by atoms with Gasteiger partial charge in [-0.2, -0.15) is 8.42 Å². The summed E-state index contributed by atoms with van der Waals surface area (Å²) in [6, 6.07) is 17.0. The zero-order valence-electron chi connectivity index (χ0n) is 15.1. The molecule has 144 valence electrons. The van der Waals surface area contributed by atoms with Gasteiger partial charge in [-0.05, 0) is 48.4 Å². The lowest BCUT2D eigenvalue weighted by atomic mass is 9.97. The molecule has 6 nitrogen and oxygen atoms in total. The van der Waals surface area contributed by atoms with Crippen LogP contribution in [0.1, 0.15) is 36.3 Å². The van der Waals surface area contributed by atoms with Crippen LogP contribution < -0.4 is 5.32 Å². The number of hydrogen-bond acceptors (Lipinski definition) is 5. The second-order valence-electron chi connectivity index (χ2n) is 6.74. The van der Waals surface area contributed by atoms with Crippen molar-refractivity contribution in [2.24, 2.45) is 0 Å². The fraction of sp³-hybridized carbons (Fsp3) is 0.350. The van der Waals surface area contributed by atoms with Crippen LogP contribution in [-0.2, 0) is 25.6 Å². The highest BCUT2D eigenvalue weighted by Gasteiger charge is 2.28. The highest BCUT2D eigenvalue weighted by Crippen LogP contribution is 2.36. The summed E-state index contributed by atoms with van der Waals surface area (Å²) < 4.78 is 32.8. The predicted octanol–water partition coefficient (Wildman–Crippen LogP) is 4.05. The summed E-state index contributed by atoms with van der Waals surface area (Å²) >= 11 is 0. The maximum atomic E-state index is 11.9. The number of hydrogen-bond donors (Lipinski definition) is 1. The number of amides is 1. The van der Waals surface area contributed by atoms with Crippen LogP contribution in [0.3, 0.4) is 0 Å². The molecule has 1 N–H and O–H groups in total. The Morgan fingerprint density at radius 3 is 2.44 bits per heavy atom. The van der Waals surface area contributed by atoms with E-state index in [1.54, 1.807) is 0 Å². The molecule has 2 atom stereocenters. The van der Waals surface area contributed by atoms with Crippen LogP contribution in [0.25, 0.3) is 0 Å². The Labute approximate surface area is 159 Å². The van der Waals surface area contributed by atoms with E-state index in [2.05, 4.69) is 5.32 Å². The summed E-state index contributed by atoms with van der Waals surface area (Å²) in [5.41, 5.74) is 2.69. The van der Waals surface area contributed by atoms with Gasteiger partial charge in [0.1, 0.15) is 6.61 Å². The maximum Gasteiger partial charge on any atom is 0.411 e. The Bertz CT molecular complexity index is 865. The van der Waals surface area contributed by atoms with E-state index in [9.17, 15) is 13.2 Å². The lowest BCUT2D eigenvalue weighted by molar-refractivity contribution is 0.155. The maximum absolute atomic E-state index is 11.9. The molecular formula is C20H23NO5S. The standard InChI is InChI=1S/C20H23NO5S/c1-27(23,24)26-19-12-9-17(13-19)16-7-10-18(11-8-16)21-20(22)25-14-15-5-3-2-4-6-15/h2-8,10-11,17,19H,9,12-14H2,1H3,(H,21,22)/t17?,19-/m0/s1. The van der Waals surface area contributed by atoms with Crippen molar-refractivity contribution < 1.29 is 22.1 Å². The first-order valence-corrected chi connectivity index (χ1v) is 10.7. The Morgan fingerprint density at radius 1 is 1.07 bits per heavy atom. The van der Waals surface area contributed by atoms with E-state index in [4.69, 9.17) is 8.92 Å². The average Bonchev–Trinajstić information content (AvgIpc) is 3.08. The molecule has 0 radical (unpaired) electrons. The van der Waals surface area contributed by atoms with Crippen molar-refractivity contribution in [1.29, 1.82) is 0 Å². The Kier molecular flexibility index (Phi) is 6.13. The number of benzene rings is 2. The van der Waals surface area contributed by atoms with Crippen LogP contribution >= 0.6 is 0 Å². The average molecular weight is 389 g/mol. The molecule has 27 heavy (non-hydrogen) atoms. The van der Waals surface area contributed by atoms with Gasteiger partial charge in [0, 0.05) is 5.69 Å². The van der Waals surface area contributed by atoms with Crippen LogP contribution in [0.4, 0.5) is 10.5 Å². The van der Waals surface area contributed by atoms with Gasteiger partial charge in [-0.1, -0.05) is 42.5 Å². The lowest BCUT2D eigenvalue weighted by Crippen LogP contribution is -2.14. The smallest absolute Gasteiger partial charge is 0.411 e. The van der Waals surface area contributed by atoms with E-state index in [0.29, 0.717) is 12.1 Å². The molecule has 7 heteroatoms. The highest BCUT2D eigenvalue weighted by molar-refractivity contribution is 7.86. The monoisotopic (exact) mass is 389 g/mol. The number of ether oxygens (including phenoxy) is 1. The third kappa shape index (κ3) is 6.08. The summed E-state index contributed by atoms with van der Waals surface area (Å²) in [5, 5.41) is 2.70. The van der Waals surface area contributed by atoms with Crippen LogP contribution in [-0.4, -0.2) is 26.9 Å². The van der Waals surface area contributed by atoms with Gasteiger partial charge in [-0.3, -0.25) is 9.50 Å². The minimum absolute atomic E-state index is 0.217. The summed E-state index contributed by atoms with van der Waals surface area (Å²) in [7, 11) is -3.42. The second kappa shape index (κ2) is 8.54. The summed E-state index contributed by atoms with van der Waals surface area (Å²) in [6.45, 7) is 0.217. The van der Waals surface area contributed by atoms with Gasteiger partial charge in [0.15, 0.2) is 0 Å². The minimum atomic E-state index is -3.42. The molecule has 0 heterocycles. The number of carbonyl (C=O) groups is 1. The SMILES string of the molecule is CS(=O)(=O)O[C@H]1CCC(c2ccc(NC(=O)OCc3ccccc3)cc2)C1. The number of nitrogens with one attached hydrogen (secondary N) is 1. The first-order chi connectivity index (χ1) is 12.9. The van der Waals surface area contributed by atoms with Gasteiger partial charge < -0.3 is 4.74 Å². The van der Waals surface area contributed by atoms with Crippen LogP contribution in [0.2, 0.25) is 0 Å². The molecule has 0 aromatic heterocycles.